The predicted molar refractivity (Wildman–Crippen MR) is 83.4 cm³/mol. The smallest absolute Gasteiger partial charge is 0.252 e. The van der Waals surface area contributed by atoms with Crippen molar-refractivity contribution >= 4 is 21.4 Å². The zero-order chi connectivity index (χ0) is 14.8. The van der Waals surface area contributed by atoms with E-state index in [1.54, 1.807) is 17.4 Å². The van der Waals surface area contributed by atoms with Crippen molar-refractivity contribution in [2.75, 3.05) is 13.6 Å². The van der Waals surface area contributed by atoms with Crippen LogP contribution in [0.3, 0.4) is 0 Å². The lowest BCUT2D eigenvalue weighted by Gasteiger charge is -2.35. The van der Waals surface area contributed by atoms with Gasteiger partial charge in [-0.15, -0.1) is 11.3 Å². The van der Waals surface area contributed by atoms with Gasteiger partial charge in [0.25, 0.3) is 10.0 Å². The molecule has 1 aromatic rings. The normalized spacial score (nSPS) is 24.2. The maximum Gasteiger partial charge on any atom is 0.252 e. The Balaban J connectivity index is 2.19. The van der Waals surface area contributed by atoms with Crippen LogP contribution in [0.5, 0.6) is 0 Å². The average Bonchev–Trinajstić information content (AvgIpc) is 2.88. The lowest BCUT2D eigenvalue weighted by Crippen LogP contribution is -2.42. The molecule has 0 radical (unpaired) electrons. The van der Waals surface area contributed by atoms with Crippen molar-refractivity contribution < 1.29 is 8.42 Å². The number of sulfonamides is 1. The van der Waals surface area contributed by atoms with E-state index in [9.17, 15) is 8.42 Å². The van der Waals surface area contributed by atoms with E-state index in [1.807, 2.05) is 6.07 Å². The van der Waals surface area contributed by atoms with E-state index >= 15 is 0 Å². The molecule has 2 N–H and O–H groups in total. The summed E-state index contributed by atoms with van der Waals surface area (Å²) in [5.74, 6) is 0.437. The zero-order valence-electron chi connectivity index (χ0n) is 12.2. The van der Waals surface area contributed by atoms with E-state index in [-0.39, 0.29) is 6.04 Å². The first-order valence-electron chi connectivity index (χ1n) is 7.23. The van der Waals surface area contributed by atoms with Crippen LogP contribution in [0.4, 0.5) is 0 Å². The van der Waals surface area contributed by atoms with Crippen LogP contribution in [0, 0.1) is 5.92 Å². The van der Waals surface area contributed by atoms with Crippen molar-refractivity contribution in [3.63, 3.8) is 0 Å². The van der Waals surface area contributed by atoms with Gasteiger partial charge in [0.2, 0.25) is 0 Å². The first-order valence-corrected chi connectivity index (χ1v) is 9.49. The number of rotatable bonds is 5. The van der Waals surface area contributed by atoms with Crippen molar-refractivity contribution in [2.24, 2.45) is 11.7 Å². The molecule has 1 fully saturated rings. The highest BCUT2D eigenvalue weighted by Crippen LogP contribution is 2.32. The highest BCUT2D eigenvalue weighted by Gasteiger charge is 2.33. The SMILES string of the molecule is CC1CCCCC1N(C)S(=O)(=O)c1ccc(CCN)s1. The van der Waals surface area contributed by atoms with Crippen molar-refractivity contribution in [1.29, 1.82) is 0 Å². The third-order valence-electron chi connectivity index (χ3n) is 4.19. The summed E-state index contributed by atoms with van der Waals surface area (Å²) >= 11 is 1.35. The monoisotopic (exact) mass is 316 g/mol. The summed E-state index contributed by atoms with van der Waals surface area (Å²) in [5.41, 5.74) is 5.52. The molecule has 6 heteroatoms. The van der Waals surface area contributed by atoms with Crippen LogP contribution in [0.25, 0.3) is 0 Å². The largest absolute Gasteiger partial charge is 0.330 e. The molecule has 1 aromatic heterocycles. The molecule has 1 aliphatic rings. The fourth-order valence-corrected chi connectivity index (χ4v) is 5.97. The van der Waals surface area contributed by atoms with Gasteiger partial charge in [0, 0.05) is 18.0 Å². The lowest BCUT2D eigenvalue weighted by atomic mass is 9.86. The van der Waals surface area contributed by atoms with Gasteiger partial charge < -0.3 is 5.73 Å². The molecule has 1 heterocycles. The topological polar surface area (TPSA) is 63.4 Å². The summed E-state index contributed by atoms with van der Waals surface area (Å²) in [6.07, 6.45) is 5.16. The molecule has 1 aliphatic carbocycles. The molecular formula is C14H24N2O2S2. The minimum absolute atomic E-state index is 0.133. The Morgan fingerprint density at radius 3 is 2.70 bits per heavy atom. The van der Waals surface area contributed by atoms with Crippen LogP contribution in [0.1, 0.15) is 37.5 Å². The Kier molecular flexibility index (Phi) is 5.23. The molecule has 0 spiro atoms. The van der Waals surface area contributed by atoms with Gasteiger partial charge in [-0.2, -0.15) is 4.31 Å². The van der Waals surface area contributed by atoms with Crippen LogP contribution in [-0.2, 0) is 16.4 Å². The molecule has 2 unspecified atom stereocenters. The maximum atomic E-state index is 12.7. The van der Waals surface area contributed by atoms with Crippen LogP contribution in [-0.4, -0.2) is 32.4 Å². The summed E-state index contributed by atoms with van der Waals surface area (Å²) in [5, 5.41) is 0. The Labute approximate surface area is 126 Å². The van der Waals surface area contributed by atoms with Gasteiger partial charge in [-0.25, -0.2) is 8.42 Å². The number of hydrogen-bond donors (Lipinski definition) is 1. The molecule has 114 valence electrons. The van der Waals surface area contributed by atoms with E-state index in [2.05, 4.69) is 6.92 Å². The molecule has 0 saturated heterocycles. The Bertz CT molecular complexity index is 539. The number of nitrogens with two attached hydrogens (primary N) is 1. The van der Waals surface area contributed by atoms with E-state index < -0.39 is 10.0 Å². The third kappa shape index (κ3) is 3.24. The van der Waals surface area contributed by atoms with Gasteiger partial charge in [-0.3, -0.25) is 0 Å². The molecule has 0 aromatic carbocycles. The molecule has 4 nitrogen and oxygen atoms in total. The maximum absolute atomic E-state index is 12.7. The Morgan fingerprint density at radius 2 is 2.05 bits per heavy atom. The molecule has 0 amide bonds. The Hall–Kier alpha value is -0.430. The van der Waals surface area contributed by atoms with Gasteiger partial charge in [0.05, 0.1) is 0 Å². The quantitative estimate of drug-likeness (QED) is 0.907. The van der Waals surface area contributed by atoms with Gasteiger partial charge in [0.15, 0.2) is 0 Å². The second-order valence-corrected chi connectivity index (χ2v) is 9.00. The highest BCUT2D eigenvalue weighted by atomic mass is 32.2. The minimum Gasteiger partial charge on any atom is -0.330 e. The first kappa shape index (κ1) is 15.9. The Morgan fingerprint density at radius 1 is 1.35 bits per heavy atom. The van der Waals surface area contributed by atoms with Crippen molar-refractivity contribution in [1.82, 2.24) is 4.31 Å². The van der Waals surface area contributed by atoms with Gasteiger partial charge in [-0.1, -0.05) is 19.8 Å². The fraction of sp³-hybridized carbons (Fsp3) is 0.714. The van der Waals surface area contributed by atoms with E-state index in [0.29, 0.717) is 16.7 Å². The fourth-order valence-electron chi connectivity index (χ4n) is 2.93. The molecule has 20 heavy (non-hydrogen) atoms. The molecule has 2 rings (SSSR count). The highest BCUT2D eigenvalue weighted by molar-refractivity contribution is 7.91. The standard InChI is InChI=1S/C14H24N2O2S2/c1-11-5-3-4-6-13(11)16(2)20(17,18)14-8-7-12(19-14)9-10-15/h7-8,11,13H,3-6,9-10,15H2,1-2H3. The number of hydrogen-bond acceptors (Lipinski definition) is 4. The second kappa shape index (κ2) is 6.56. The summed E-state index contributed by atoms with van der Waals surface area (Å²) in [7, 11) is -1.63. The first-order chi connectivity index (χ1) is 9.46. The zero-order valence-corrected chi connectivity index (χ0v) is 13.8. The molecule has 1 saturated carbocycles. The van der Waals surface area contributed by atoms with Crippen LogP contribution < -0.4 is 5.73 Å². The van der Waals surface area contributed by atoms with E-state index in [0.717, 1.165) is 30.6 Å². The van der Waals surface area contributed by atoms with Gasteiger partial charge in [-0.05, 0) is 43.9 Å². The minimum atomic E-state index is -3.36. The number of thiophene rings is 1. The van der Waals surface area contributed by atoms with Crippen LogP contribution in [0.2, 0.25) is 0 Å². The van der Waals surface area contributed by atoms with Crippen LogP contribution >= 0.6 is 11.3 Å². The second-order valence-electron chi connectivity index (χ2n) is 5.61. The summed E-state index contributed by atoms with van der Waals surface area (Å²) in [4.78, 5) is 1.04. The van der Waals surface area contributed by atoms with Gasteiger partial charge >= 0.3 is 0 Å². The van der Waals surface area contributed by atoms with Gasteiger partial charge in [0.1, 0.15) is 4.21 Å². The van der Waals surface area contributed by atoms with Crippen molar-refractivity contribution in [2.45, 2.75) is 49.3 Å². The van der Waals surface area contributed by atoms with Crippen LogP contribution in [0.15, 0.2) is 16.3 Å². The molecular weight excluding hydrogens is 292 g/mol. The third-order valence-corrected chi connectivity index (χ3v) is 7.69. The van der Waals surface area contributed by atoms with E-state index in [4.69, 9.17) is 5.73 Å². The average molecular weight is 316 g/mol. The molecule has 0 bridgehead atoms. The summed E-state index contributed by atoms with van der Waals surface area (Å²) < 4.78 is 27.4. The predicted octanol–water partition coefficient (Wildman–Crippen LogP) is 2.45. The lowest BCUT2D eigenvalue weighted by molar-refractivity contribution is 0.213. The van der Waals surface area contributed by atoms with Crippen molar-refractivity contribution in [3.8, 4) is 0 Å². The van der Waals surface area contributed by atoms with Crippen molar-refractivity contribution in [3.05, 3.63) is 17.0 Å². The summed E-state index contributed by atoms with van der Waals surface area (Å²) in [6, 6.07) is 3.73. The molecule has 2 atom stereocenters. The molecule has 0 aliphatic heterocycles. The number of nitrogens with zero attached hydrogens (tertiary/aromatic N) is 1. The van der Waals surface area contributed by atoms with E-state index in [1.165, 1.54) is 17.8 Å². The summed E-state index contributed by atoms with van der Waals surface area (Å²) in [6.45, 7) is 2.71.